The number of nitrogens with one attached hydrogen (secondary N) is 2. The first-order valence-corrected chi connectivity index (χ1v) is 9.39. The molecule has 1 fully saturated rings. The van der Waals surface area contributed by atoms with Crippen molar-refractivity contribution < 1.29 is 19.1 Å². The lowest BCUT2D eigenvalue weighted by molar-refractivity contribution is -0.133. The number of rotatable bonds is 5. The van der Waals surface area contributed by atoms with Crippen LogP contribution in [0.4, 0.5) is 10.5 Å². The maximum atomic E-state index is 12.8. The number of nitrogens with zero attached hydrogens (tertiary/aromatic N) is 1. The van der Waals surface area contributed by atoms with E-state index in [0.29, 0.717) is 22.0 Å². The number of ether oxygens (including phenoxy) is 1. The summed E-state index contributed by atoms with van der Waals surface area (Å²) in [5.41, 5.74) is 0.680. The molecule has 1 aromatic carbocycles. The lowest BCUT2D eigenvalue weighted by Crippen LogP contribution is -2.41. The van der Waals surface area contributed by atoms with E-state index in [1.54, 1.807) is 37.4 Å². The average molecular weight is 408 g/mol. The summed E-state index contributed by atoms with van der Waals surface area (Å²) in [6, 6.07) is 4.42. The van der Waals surface area contributed by atoms with Crippen molar-refractivity contribution in [2.75, 3.05) is 19.0 Å². The molecule has 0 bridgehead atoms. The van der Waals surface area contributed by atoms with Gasteiger partial charge in [-0.25, -0.2) is 4.79 Å². The Hall–Kier alpha value is -2.58. The van der Waals surface area contributed by atoms with Gasteiger partial charge in [0.1, 0.15) is 17.8 Å². The summed E-state index contributed by atoms with van der Waals surface area (Å²) in [6.45, 7) is 3.01. The van der Waals surface area contributed by atoms with Gasteiger partial charge in [0.25, 0.3) is 5.91 Å². The van der Waals surface area contributed by atoms with Gasteiger partial charge in [-0.15, -0.1) is 0 Å². The van der Waals surface area contributed by atoms with Crippen molar-refractivity contribution in [3.05, 3.63) is 45.1 Å². The highest BCUT2D eigenvalue weighted by atomic mass is 35.5. The fraction of sp³-hybridized carbons (Fsp3) is 0.278. The third kappa shape index (κ3) is 3.50. The molecule has 0 spiro atoms. The number of carbonyl (C=O) groups is 3. The number of methoxy groups -OCH3 is 1. The van der Waals surface area contributed by atoms with Crippen LogP contribution in [0.5, 0.6) is 5.75 Å². The summed E-state index contributed by atoms with van der Waals surface area (Å²) >= 11 is 7.49. The van der Waals surface area contributed by atoms with Gasteiger partial charge in [0, 0.05) is 11.1 Å². The molecule has 0 unspecified atom stereocenters. The fourth-order valence-corrected chi connectivity index (χ4v) is 3.77. The van der Waals surface area contributed by atoms with Crippen LogP contribution in [0.2, 0.25) is 5.02 Å². The lowest BCUT2D eigenvalue weighted by Gasteiger charge is -2.20. The normalized spacial score (nSPS) is 19.2. The number of aryl methyl sites for hydroxylation is 1. The molecule has 0 saturated carbocycles. The summed E-state index contributed by atoms with van der Waals surface area (Å²) in [5.74, 6) is -0.604. The zero-order chi connectivity index (χ0) is 19.8. The highest BCUT2D eigenvalue weighted by Crippen LogP contribution is 2.32. The highest BCUT2D eigenvalue weighted by Gasteiger charge is 2.49. The molecule has 4 amide bonds. The molecule has 0 aliphatic carbocycles. The van der Waals surface area contributed by atoms with Crippen molar-refractivity contribution in [2.24, 2.45) is 0 Å². The van der Waals surface area contributed by atoms with E-state index in [2.05, 4.69) is 10.6 Å². The minimum atomic E-state index is -1.17. The Morgan fingerprint density at radius 2 is 2.15 bits per heavy atom. The number of carbonyl (C=O) groups excluding carboxylic acids is 3. The Kier molecular flexibility index (Phi) is 5.12. The van der Waals surface area contributed by atoms with Crippen molar-refractivity contribution in [3.63, 3.8) is 0 Å². The molecule has 1 atom stereocenters. The predicted octanol–water partition coefficient (Wildman–Crippen LogP) is 3.12. The van der Waals surface area contributed by atoms with Crippen LogP contribution in [-0.4, -0.2) is 36.4 Å². The number of amides is 4. The minimum Gasteiger partial charge on any atom is -0.495 e. The summed E-state index contributed by atoms with van der Waals surface area (Å²) in [5, 5.41) is 9.45. The third-order valence-electron chi connectivity index (χ3n) is 4.43. The molecule has 7 nitrogen and oxygen atoms in total. The zero-order valence-corrected chi connectivity index (χ0v) is 16.5. The van der Waals surface area contributed by atoms with Crippen LogP contribution in [0.3, 0.4) is 0 Å². The Morgan fingerprint density at radius 3 is 2.78 bits per heavy atom. The Labute approximate surface area is 165 Å². The van der Waals surface area contributed by atoms with Crippen molar-refractivity contribution >= 4 is 46.5 Å². The Morgan fingerprint density at radius 1 is 1.41 bits per heavy atom. The third-order valence-corrected chi connectivity index (χ3v) is 5.52. The zero-order valence-electron chi connectivity index (χ0n) is 15.0. The lowest BCUT2D eigenvalue weighted by atomic mass is 9.95. The molecule has 2 heterocycles. The van der Waals surface area contributed by atoms with E-state index in [1.165, 1.54) is 18.4 Å². The second kappa shape index (κ2) is 7.21. The quantitative estimate of drug-likeness (QED) is 0.745. The number of urea groups is 1. The Bertz CT molecular complexity index is 916. The van der Waals surface area contributed by atoms with Crippen LogP contribution in [0.25, 0.3) is 0 Å². The van der Waals surface area contributed by atoms with Crippen molar-refractivity contribution in [1.29, 1.82) is 0 Å². The van der Waals surface area contributed by atoms with E-state index in [0.717, 1.165) is 10.5 Å². The smallest absolute Gasteiger partial charge is 0.325 e. The molecular weight excluding hydrogens is 390 g/mol. The largest absolute Gasteiger partial charge is 0.495 e. The van der Waals surface area contributed by atoms with Crippen LogP contribution in [-0.2, 0) is 15.1 Å². The molecular formula is C18H18ClN3O4S. The maximum Gasteiger partial charge on any atom is 0.325 e. The summed E-state index contributed by atoms with van der Waals surface area (Å²) in [6.07, 6.45) is 0. The maximum absolute atomic E-state index is 12.8. The van der Waals surface area contributed by atoms with E-state index in [1.807, 2.05) is 5.38 Å². The molecule has 142 valence electrons. The van der Waals surface area contributed by atoms with Gasteiger partial charge in [-0.05, 0) is 47.9 Å². The first-order chi connectivity index (χ1) is 12.8. The molecule has 1 aliphatic rings. The SMILES string of the molecule is COc1cc(Cl)c(C)cc1NC(=O)CN1C(=O)N[C@@](C)(c2ccsc2)C1=O. The summed E-state index contributed by atoms with van der Waals surface area (Å²) < 4.78 is 5.22. The number of halogens is 1. The molecule has 1 aromatic heterocycles. The Balaban J connectivity index is 1.76. The fourth-order valence-electron chi connectivity index (χ4n) is 2.85. The predicted molar refractivity (Wildman–Crippen MR) is 103 cm³/mol. The van der Waals surface area contributed by atoms with Crippen LogP contribution < -0.4 is 15.4 Å². The number of hydrogen-bond donors (Lipinski definition) is 2. The van der Waals surface area contributed by atoms with Crippen molar-refractivity contribution in [1.82, 2.24) is 10.2 Å². The van der Waals surface area contributed by atoms with Gasteiger partial charge in [-0.2, -0.15) is 11.3 Å². The summed E-state index contributed by atoms with van der Waals surface area (Å²) in [4.78, 5) is 38.4. The van der Waals surface area contributed by atoms with E-state index in [-0.39, 0.29) is 0 Å². The highest BCUT2D eigenvalue weighted by molar-refractivity contribution is 7.08. The number of anilines is 1. The monoisotopic (exact) mass is 407 g/mol. The summed E-state index contributed by atoms with van der Waals surface area (Å²) in [7, 11) is 1.46. The number of imide groups is 1. The first-order valence-electron chi connectivity index (χ1n) is 8.07. The first kappa shape index (κ1) is 19.2. The second-order valence-electron chi connectivity index (χ2n) is 6.31. The van der Waals surface area contributed by atoms with Gasteiger partial charge in [-0.1, -0.05) is 11.6 Å². The van der Waals surface area contributed by atoms with E-state index in [9.17, 15) is 14.4 Å². The molecule has 27 heavy (non-hydrogen) atoms. The molecule has 0 radical (unpaired) electrons. The van der Waals surface area contributed by atoms with E-state index >= 15 is 0 Å². The average Bonchev–Trinajstić information content (AvgIpc) is 3.22. The number of thiophene rings is 1. The van der Waals surface area contributed by atoms with Crippen LogP contribution in [0.1, 0.15) is 18.1 Å². The van der Waals surface area contributed by atoms with Crippen LogP contribution in [0, 0.1) is 6.92 Å². The van der Waals surface area contributed by atoms with Gasteiger partial charge in [0.15, 0.2) is 0 Å². The molecule has 2 aromatic rings. The van der Waals surface area contributed by atoms with Crippen LogP contribution >= 0.6 is 22.9 Å². The molecule has 1 aliphatic heterocycles. The molecule has 3 rings (SSSR count). The van der Waals surface area contributed by atoms with Gasteiger partial charge in [0.2, 0.25) is 5.91 Å². The minimum absolute atomic E-state index is 0.388. The van der Waals surface area contributed by atoms with Crippen molar-refractivity contribution in [2.45, 2.75) is 19.4 Å². The van der Waals surface area contributed by atoms with Gasteiger partial charge in [0.05, 0.1) is 12.8 Å². The second-order valence-corrected chi connectivity index (χ2v) is 7.50. The van der Waals surface area contributed by atoms with E-state index < -0.39 is 29.9 Å². The topological polar surface area (TPSA) is 87.7 Å². The molecule has 2 N–H and O–H groups in total. The van der Waals surface area contributed by atoms with E-state index in [4.69, 9.17) is 16.3 Å². The van der Waals surface area contributed by atoms with Crippen molar-refractivity contribution in [3.8, 4) is 5.75 Å². The van der Waals surface area contributed by atoms with Gasteiger partial charge < -0.3 is 15.4 Å². The standard InChI is InChI=1S/C18H18ClN3O4S/c1-10-6-13(14(26-3)7-12(10)19)20-15(23)8-22-16(24)18(2,21-17(22)25)11-4-5-27-9-11/h4-7,9H,8H2,1-3H3,(H,20,23)(H,21,25)/t18-/m0/s1. The van der Waals surface area contributed by atoms with Gasteiger partial charge in [-0.3, -0.25) is 14.5 Å². The van der Waals surface area contributed by atoms with Gasteiger partial charge >= 0.3 is 6.03 Å². The van der Waals surface area contributed by atoms with Crippen LogP contribution in [0.15, 0.2) is 29.0 Å². The number of benzene rings is 1. The molecule has 9 heteroatoms. The molecule has 1 saturated heterocycles. The number of hydrogen-bond acceptors (Lipinski definition) is 5.